The second kappa shape index (κ2) is 12.0. The van der Waals surface area contributed by atoms with Gasteiger partial charge in [0, 0.05) is 13.7 Å². The fourth-order valence-electron chi connectivity index (χ4n) is 1.52. The summed E-state index contributed by atoms with van der Waals surface area (Å²) in [5.74, 6) is 0.853. The Bertz CT molecular complexity index is 116. The highest BCUT2D eigenvalue weighted by Crippen LogP contribution is 2.04. The van der Waals surface area contributed by atoms with Gasteiger partial charge < -0.3 is 15.4 Å². The molecule has 0 aromatic heterocycles. The Morgan fingerprint density at radius 2 is 1.67 bits per heavy atom. The minimum atomic E-state index is 0.807. The Hall–Kier alpha value is -0.120. The van der Waals surface area contributed by atoms with Gasteiger partial charge in [-0.2, -0.15) is 0 Å². The Balaban J connectivity index is 3.04. The van der Waals surface area contributed by atoms with E-state index in [-0.39, 0.29) is 0 Å². The standard InChI is InChI=1S/C12H28N2O/c1-4-12(5-2)11-14-8-6-7-13-9-10-15-3/h12-14H,4-11H2,1-3H3. The SMILES string of the molecule is CCC(CC)CNCCCNCCOC. The third-order valence-electron chi connectivity index (χ3n) is 2.78. The Kier molecular flexibility index (Phi) is 11.9. The summed E-state index contributed by atoms with van der Waals surface area (Å²) < 4.78 is 4.95. The zero-order valence-electron chi connectivity index (χ0n) is 10.6. The Morgan fingerprint density at radius 3 is 2.27 bits per heavy atom. The second-order valence-corrected chi connectivity index (χ2v) is 3.98. The Labute approximate surface area is 95.0 Å². The van der Waals surface area contributed by atoms with Gasteiger partial charge in [-0.25, -0.2) is 0 Å². The molecule has 0 saturated heterocycles. The lowest BCUT2D eigenvalue weighted by molar-refractivity contribution is 0.199. The normalized spacial score (nSPS) is 11.2. The van der Waals surface area contributed by atoms with Crippen molar-refractivity contribution in [1.82, 2.24) is 10.6 Å². The zero-order valence-corrected chi connectivity index (χ0v) is 10.6. The lowest BCUT2D eigenvalue weighted by atomic mass is 10.0. The van der Waals surface area contributed by atoms with Gasteiger partial charge in [-0.05, 0) is 32.0 Å². The van der Waals surface area contributed by atoms with Crippen LogP contribution < -0.4 is 10.6 Å². The van der Waals surface area contributed by atoms with E-state index in [0.717, 1.165) is 32.2 Å². The number of nitrogens with one attached hydrogen (secondary N) is 2. The zero-order chi connectivity index (χ0) is 11.4. The van der Waals surface area contributed by atoms with Crippen LogP contribution in [0.1, 0.15) is 33.1 Å². The summed E-state index contributed by atoms with van der Waals surface area (Å²) in [4.78, 5) is 0. The van der Waals surface area contributed by atoms with Crippen molar-refractivity contribution in [3.8, 4) is 0 Å². The van der Waals surface area contributed by atoms with Crippen molar-refractivity contribution in [3.05, 3.63) is 0 Å². The molecule has 0 radical (unpaired) electrons. The van der Waals surface area contributed by atoms with E-state index in [1.807, 2.05) is 0 Å². The molecule has 0 bridgehead atoms. The molecule has 0 spiro atoms. The van der Waals surface area contributed by atoms with Crippen molar-refractivity contribution in [1.29, 1.82) is 0 Å². The van der Waals surface area contributed by atoms with Crippen molar-refractivity contribution < 1.29 is 4.74 Å². The predicted molar refractivity (Wildman–Crippen MR) is 66.3 cm³/mol. The van der Waals surface area contributed by atoms with E-state index in [0.29, 0.717) is 0 Å². The first kappa shape index (κ1) is 14.9. The van der Waals surface area contributed by atoms with E-state index in [1.54, 1.807) is 7.11 Å². The molecule has 0 saturated carbocycles. The van der Waals surface area contributed by atoms with Crippen molar-refractivity contribution in [2.45, 2.75) is 33.1 Å². The van der Waals surface area contributed by atoms with E-state index < -0.39 is 0 Å². The van der Waals surface area contributed by atoms with Crippen molar-refractivity contribution in [2.75, 3.05) is 39.9 Å². The van der Waals surface area contributed by atoms with E-state index in [9.17, 15) is 0 Å². The minimum Gasteiger partial charge on any atom is -0.383 e. The first-order valence-corrected chi connectivity index (χ1v) is 6.25. The maximum absolute atomic E-state index is 4.95. The van der Waals surface area contributed by atoms with Crippen LogP contribution in [0.2, 0.25) is 0 Å². The molecule has 15 heavy (non-hydrogen) atoms. The fraction of sp³-hybridized carbons (Fsp3) is 1.00. The molecular formula is C12H28N2O. The molecule has 3 heteroatoms. The number of hydrogen-bond donors (Lipinski definition) is 2. The first-order valence-electron chi connectivity index (χ1n) is 6.25. The summed E-state index contributed by atoms with van der Waals surface area (Å²) in [5, 5.41) is 6.84. The highest BCUT2D eigenvalue weighted by molar-refractivity contribution is 4.59. The second-order valence-electron chi connectivity index (χ2n) is 3.98. The monoisotopic (exact) mass is 216 g/mol. The van der Waals surface area contributed by atoms with Crippen LogP contribution in [-0.4, -0.2) is 39.9 Å². The third kappa shape index (κ3) is 10.2. The van der Waals surface area contributed by atoms with Gasteiger partial charge in [-0.3, -0.25) is 0 Å². The van der Waals surface area contributed by atoms with Crippen LogP contribution in [0, 0.1) is 5.92 Å². The van der Waals surface area contributed by atoms with Gasteiger partial charge in [-0.1, -0.05) is 26.7 Å². The molecule has 0 atom stereocenters. The van der Waals surface area contributed by atoms with E-state index in [1.165, 1.54) is 25.8 Å². The summed E-state index contributed by atoms with van der Waals surface area (Å²) in [5.41, 5.74) is 0. The van der Waals surface area contributed by atoms with E-state index in [2.05, 4.69) is 24.5 Å². The van der Waals surface area contributed by atoms with Crippen LogP contribution in [0.25, 0.3) is 0 Å². The molecule has 0 amide bonds. The number of hydrogen-bond acceptors (Lipinski definition) is 3. The molecule has 0 aliphatic carbocycles. The highest BCUT2D eigenvalue weighted by atomic mass is 16.5. The van der Waals surface area contributed by atoms with Crippen LogP contribution in [0.15, 0.2) is 0 Å². The Morgan fingerprint density at radius 1 is 1.00 bits per heavy atom. The summed E-state index contributed by atoms with van der Waals surface area (Å²) >= 11 is 0. The van der Waals surface area contributed by atoms with Gasteiger partial charge >= 0.3 is 0 Å². The molecule has 0 heterocycles. The molecule has 2 N–H and O–H groups in total. The maximum atomic E-state index is 4.95. The van der Waals surface area contributed by atoms with Gasteiger partial charge in [0.2, 0.25) is 0 Å². The first-order chi connectivity index (χ1) is 7.35. The van der Waals surface area contributed by atoms with Crippen LogP contribution in [0.5, 0.6) is 0 Å². The molecule has 0 rings (SSSR count). The van der Waals surface area contributed by atoms with Crippen LogP contribution in [0.4, 0.5) is 0 Å². The maximum Gasteiger partial charge on any atom is 0.0587 e. The van der Waals surface area contributed by atoms with Crippen molar-refractivity contribution in [2.24, 2.45) is 5.92 Å². The molecule has 0 aromatic carbocycles. The molecule has 0 aliphatic heterocycles. The average molecular weight is 216 g/mol. The molecular weight excluding hydrogens is 188 g/mol. The van der Waals surface area contributed by atoms with Gasteiger partial charge in [0.1, 0.15) is 0 Å². The van der Waals surface area contributed by atoms with Crippen LogP contribution >= 0.6 is 0 Å². The fourth-order valence-corrected chi connectivity index (χ4v) is 1.52. The average Bonchev–Trinajstić information content (AvgIpc) is 2.27. The molecule has 92 valence electrons. The predicted octanol–water partition coefficient (Wildman–Crippen LogP) is 1.64. The van der Waals surface area contributed by atoms with Gasteiger partial charge in [0.05, 0.1) is 6.61 Å². The summed E-state index contributed by atoms with van der Waals surface area (Å²) in [6.07, 6.45) is 3.77. The van der Waals surface area contributed by atoms with Crippen molar-refractivity contribution in [3.63, 3.8) is 0 Å². The lowest BCUT2D eigenvalue weighted by Crippen LogP contribution is -2.27. The molecule has 0 aromatic rings. The largest absolute Gasteiger partial charge is 0.383 e. The summed E-state index contributed by atoms with van der Waals surface area (Å²) in [6.45, 7) is 9.68. The molecule has 3 nitrogen and oxygen atoms in total. The van der Waals surface area contributed by atoms with Crippen LogP contribution in [-0.2, 0) is 4.74 Å². The smallest absolute Gasteiger partial charge is 0.0587 e. The van der Waals surface area contributed by atoms with Gasteiger partial charge in [-0.15, -0.1) is 0 Å². The molecule has 0 fully saturated rings. The van der Waals surface area contributed by atoms with Crippen molar-refractivity contribution >= 4 is 0 Å². The van der Waals surface area contributed by atoms with Gasteiger partial charge in [0.25, 0.3) is 0 Å². The summed E-state index contributed by atoms with van der Waals surface area (Å²) in [7, 11) is 1.73. The minimum absolute atomic E-state index is 0.807. The number of methoxy groups -OCH3 is 1. The van der Waals surface area contributed by atoms with E-state index in [4.69, 9.17) is 4.74 Å². The number of ether oxygens (including phenoxy) is 1. The summed E-state index contributed by atoms with van der Waals surface area (Å²) in [6, 6.07) is 0. The molecule has 0 aliphatic rings. The quantitative estimate of drug-likeness (QED) is 0.515. The molecule has 0 unspecified atom stereocenters. The lowest BCUT2D eigenvalue weighted by Gasteiger charge is -2.13. The topological polar surface area (TPSA) is 33.3 Å². The third-order valence-corrected chi connectivity index (χ3v) is 2.78. The van der Waals surface area contributed by atoms with Crippen LogP contribution in [0.3, 0.4) is 0 Å². The number of rotatable bonds is 11. The van der Waals surface area contributed by atoms with E-state index >= 15 is 0 Å². The highest BCUT2D eigenvalue weighted by Gasteiger charge is 2.01. The van der Waals surface area contributed by atoms with Gasteiger partial charge in [0.15, 0.2) is 0 Å².